The van der Waals surface area contributed by atoms with Crippen molar-refractivity contribution in [1.29, 1.82) is 0 Å². The Morgan fingerprint density at radius 2 is 2.00 bits per heavy atom. The summed E-state index contributed by atoms with van der Waals surface area (Å²) in [5.74, 6) is 0.0238. The maximum atomic E-state index is 12.5. The Balaban J connectivity index is 2.07. The molecule has 1 aromatic heterocycles. The predicted molar refractivity (Wildman–Crippen MR) is 77.1 cm³/mol. The molecule has 1 amide bonds. The highest BCUT2D eigenvalue weighted by Gasteiger charge is 2.37. The fraction of sp³-hybridized carbons (Fsp3) is 0.769. The summed E-state index contributed by atoms with van der Waals surface area (Å²) < 4.78 is 0. The second-order valence-electron chi connectivity index (χ2n) is 5.21. The maximum absolute atomic E-state index is 12.5. The zero-order valence-electron chi connectivity index (χ0n) is 11.4. The van der Waals surface area contributed by atoms with Crippen LogP contribution in [0, 0.1) is 5.41 Å². The van der Waals surface area contributed by atoms with Crippen molar-refractivity contribution in [3.63, 3.8) is 0 Å². The van der Waals surface area contributed by atoms with Gasteiger partial charge >= 0.3 is 0 Å². The van der Waals surface area contributed by atoms with Gasteiger partial charge in [-0.25, -0.2) is 0 Å². The van der Waals surface area contributed by atoms with E-state index in [0.717, 1.165) is 37.1 Å². The molecule has 19 heavy (non-hydrogen) atoms. The lowest BCUT2D eigenvalue weighted by atomic mass is 9.79. The summed E-state index contributed by atoms with van der Waals surface area (Å²) >= 11 is 1.44. The monoisotopic (exact) mass is 282 g/mol. The number of nitrogens with two attached hydrogens (primary N) is 1. The van der Waals surface area contributed by atoms with Gasteiger partial charge in [-0.05, 0) is 19.3 Å². The van der Waals surface area contributed by atoms with Crippen LogP contribution in [0.5, 0.6) is 0 Å². The second-order valence-corrected chi connectivity index (χ2v) is 6.27. The fourth-order valence-electron chi connectivity index (χ4n) is 2.61. The van der Waals surface area contributed by atoms with Gasteiger partial charge in [0.15, 0.2) is 0 Å². The molecule has 6 heteroatoms. The molecule has 0 aromatic carbocycles. The van der Waals surface area contributed by atoms with E-state index < -0.39 is 5.41 Å². The zero-order chi connectivity index (χ0) is 13.7. The quantitative estimate of drug-likeness (QED) is 0.831. The van der Waals surface area contributed by atoms with E-state index in [4.69, 9.17) is 5.73 Å². The Morgan fingerprint density at radius 1 is 1.32 bits per heavy atom. The van der Waals surface area contributed by atoms with Crippen LogP contribution in [0.4, 0.5) is 5.13 Å². The molecule has 1 aliphatic carbocycles. The highest BCUT2D eigenvalue weighted by atomic mass is 32.1. The van der Waals surface area contributed by atoms with Crippen LogP contribution in [0.2, 0.25) is 0 Å². The number of rotatable bonds is 4. The summed E-state index contributed by atoms with van der Waals surface area (Å²) in [6.45, 7) is 2.44. The molecule has 0 unspecified atom stereocenters. The first-order valence-corrected chi connectivity index (χ1v) is 7.86. The Kier molecular flexibility index (Phi) is 4.87. The molecule has 3 N–H and O–H groups in total. The van der Waals surface area contributed by atoms with Crippen LogP contribution in [-0.4, -0.2) is 22.6 Å². The SMILES string of the molecule is CCc1nnc(NC(=O)C2(CN)CCCCCC2)s1. The highest BCUT2D eigenvalue weighted by molar-refractivity contribution is 7.15. The minimum absolute atomic E-state index is 0.0238. The maximum Gasteiger partial charge on any atom is 0.233 e. The third kappa shape index (κ3) is 3.30. The van der Waals surface area contributed by atoms with Gasteiger partial charge in [0.05, 0.1) is 5.41 Å². The number of aromatic nitrogens is 2. The van der Waals surface area contributed by atoms with Crippen molar-refractivity contribution in [2.24, 2.45) is 11.1 Å². The molecule has 1 saturated carbocycles. The summed E-state index contributed by atoms with van der Waals surface area (Å²) in [6, 6.07) is 0. The van der Waals surface area contributed by atoms with Gasteiger partial charge < -0.3 is 5.73 Å². The van der Waals surface area contributed by atoms with Crippen molar-refractivity contribution in [2.45, 2.75) is 51.9 Å². The molecule has 0 spiro atoms. The molecule has 2 rings (SSSR count). The van der Waals surface area contributed by atoms with Gasteiger partial charge in [0.1, 0.15) is 5.01 Å². The molecule has 0 saturated heterocycles. The third-order valence-electron chi connectivity index (χ3n) is 3.92. The average molecular weight is 282 g/mol. The van der Waals surface area contributed by atoms with Gasteiger partial charge in [0.25, 0.3) is 0 Å². The molecule has 0 aliphatic heterocycles. The van der Waals surface area contributed by atoms with E-state index in [9.17, 15) is 4.79 Å². The minimum Gasteiger partial charge on any atom is -0.329 e. The zero-order valence-corrected chi connectivity index (χ0v) is 12.3. The molecule has 0 radical (unpaired) electrons. The van der Waals surface area contributed by atoms with Crippen LogP contribution in [0.25, 0.3) is 0 Å². The van der Waals surface area contributed by atoms with E-state index in [1.165, 1.54) is 24.2 Å². The van der Waals surface area contributed by atoms with Crippen molar-refractivity contribution in [2.75, 3.05) is 11.9 Å². The summed E-state index contributed by atoms with van der Waals surface area (Å²) in [5, 5.41) is 12.5. The summed E-state index contributed by atoms with van der Waals surface area (Å²) in [4.78, 5) is 12.5. The Hall–Kier alpha value is -1.01. The standard InChI is InChI=1S/C13H22N4OS/c1-2-10-16-17-12(19-10)15-11(18)13(9-14)7-5-3-4-6-8-13/h2-9,14H2,1H3,(H,15,17,18). The third-order valence-corrected chi connectivity index (χ3v) is 4.91. The Morgan fingerprint density at radius 3 is 2.53 bits per heavy atom. The number of hydrogen-bond acceptors (Lipinski definition) is 5. The molecule has 1 aliphatic rings. The topological polar surface area (TPSA) is 80.9 Å². The first-order valence-electron chi connectivity index (χ1n) is 7.04. The molecule has 0 atom stereocenters. The van der Waals surface area contributed by atoms with Crippen molar-refractivity contribution in [3.05, 3.63) is 5.01 Å². The molecule has 106 valence electrons. The van der Waals surface area contributed by atoms with Crippen LogP contribution in [-0.2, 0) is 11.2 Å². The van der Waals surface area contributed by atoms with E-state index in [-0.39, 0.29) is 5.91 Å². The minimum atomic E-state index is -0.408. The first-order chi connectivity index (χ1) is 9.20. The van der Waals surface area contributed by atoms with Gasteiger partial charge in [0, 0.05) is 6.54 Å². The number of carbonyl (C=O) groups is 1. The fourth-order valence-corrected chi connectivity index (χ4v) is 3.28. The van der Waals surface area contributed by atoms with Crippen LogP contribution in [0.3, 0.4) is 0 Å². The molecular weight excluding hydrogens is 260 g/mol. The molecule has 5 nitrogen and oxygen atoms in total. The number of aryl methyl sites for hydroxylation is 1. The Bertz CT molecular complexity index is 424. The van der Waals surface area contributed by atoms with Gasteiger partial charge in [0.2, 0.25) is 11.0 Å². The number of hydrogen-bond donors (Lipinski definition) is 2. The number of anilines is 1. The normalized spacial score (nSPS) is 18.8. The van der Waals surface area contributed by atoms with Crippen LogP contribution in [0.1, 0.15) is 50.5 Å². The van der Waals surface area contributed by atoms with Crippen molar-refractivity contribution in [1.82, 2.24) is 10.2 Å². The summed E-state index contributed by atoms with van der Waals surface area (Å²) in [6.07, 6.45) is 7.18. The van der Waals surface area contributed by atoms with Gasteiger partial charge in [-0.2, -0.15) is 0 Å². The van der Waals surface area contributed by atoms with Crippen molar-refractivity contribution >= 4 is 22.4 Å². The van der Waals surface area contributed by atoms with Gasteiger partial charge in [-0.1, -0.05) is 43.9 Å². The molecule has 1 heterocycles. The number of amides is 1. The second kappa shape index (κ2) is 6.43. The van der Waals surface area contributed by atoms with Crippen LogP contribution >= 0.6 is 11.3 Å². The van der Waals surface area contributed by atoms with Gasteiger partial charge in [-0.3, -0.25) is 10.1 Å². The van der Waals surface area contributed by atoms with E-state index >= 15 is 0 Å². The number of carbonyl (C=O) groups excluding carboxylic acids is 1. The van der Waals surface area contributed by atoms with Gasteiger partial charge in [-0.15, -0.1) is 10.2 Å². The summed E-state index contributed by atoms with van der Waals surface area (Å²) in [5.41, 5.74) is 5.49. The average Bonchev–Trinajstić information content (AvgIpc) is 2.74. The Labute approximate surface area is 118 Å². The summed E-state index contributed by atoms with van der Waals surface area (Å²) in [7, 11) is 0. The predicted octanol–water partition coefficient (Wildman–Crippen LogP) is 2.34. The first kappa shape index (κ1) is 14.4. The van der Waals surface area contributed by atoms with Crippen LogP contribution < -0.4 is 11.1 Å². The van der Waals surface area contributed by atoms with E-state index in [1.807, 2.05) is 6.92 Å². The smallest absolute Gasteiger partial charge is 0.233 e. The highest BCUT2D eigenvalue weighted by Crippen LogP contribution is 2.35. The van der Waals surface area contributed by atoms with E-state index in [0.29, 0.717) is 11.7 Å². The lowest BCUT2D eigenvalue weighted by molar-refractivity contribution is -0.125. The van der Waals surface area contributed by atoms with Crippen molar-refractivity contribution in [3.8, 4) is 0 Å². The van der Waals surface area contributed by atoms with E-state index in [2.05, 4.69) is 15.5 Å². The van der Waals surface area contributed by atoms with Crippen molar-refractivity contribution < 1.29 is 4.79 Å². The molecular formula is C13H22N4OS. The molecule has 1 fully saturated rings. The molecule has 0 bridgehead atoms. The largest absolute Gasteiger partial charge is 0.329 e. The number of nitrogens with zero attached hydrogens (tertiary/aromatic N) is 2. The lowest BCUT2D eigenvalue weighted by Gasteiger charge is -2.29. The van der Waals surface area contributed by atoms with Crippen LogP contribution in [0.15, 0.2) is 0 Å². The molecule has 1 aromatic rings. The van der Waals surface area contributed by atoms with E-state index in [1.54, 1.807) is 0 Å². The number of nitrogens with one attached hydrogen (secondary N) is 1. The lowest BCUT2D eigenvalue weighted by Crippen LogP contribution is -2.42.